The summed E-state index contributed by atoms with van der Waals surface area (Å²) < 4.78 is 0. The smallest absolute Gasteiger partial charge is 0.241 e. The van der Waals surface area contributed by atoms with Crippen LogP contribution in [0.2, 0.25) is 0 Å². The van der Waals surface area contributed by atoms with E-state index in [9.17, 15) is 4.79 Å². The Morgan fingerprint density at radius 2 is 1.95 bits per heavy atom. The van der Waals surface area contributed by atoms with Gasteiger partial charge in [-0.05, 0) is 31.4 Å². The van der Waals surface area contributed by atoms with Crippen molar-refractivity contribution in [3.05, 3.63) is 18.3 Å². The van der Waals surface area contributed by atoms with Crippen molar-refractivity contribution < 1.29 is 4.79 Å². The molecule has 0 aliphatic carbocycles. The van der Waals surface area contributed by atoms with Crippen LogP contribution in [-0.4, -0.2) is 30.0 Å². The monoisotopic (exact) mass is 278 g/mol. The molecule has 1 heterocycles. The lowest BCUT2D eigenvalue weighted by atomic mass is 9.87. The Kier molecular flexibility index (Phi) is 5.51. The highest BCUT2D eigenvalue weighted by Crippen LogP contribution is 2.19. The average Bonchev–Trinajstić information content (AvgIpc) is 2.40. The van der Waals surface area contributed by atoms with Gasteiger partial charge in [0, 0.05) is 13.1 Å². The average molecular weight is 278 g/mol. The van der Waals surface area contributed by atoms with E-state index in [1.165, 1.54) is 0 Å². The van der Waals surface area contributed by atoms with Gasteiger partial charge in [0.05, 0.1) is 17.9 Å². The number of rotatable bonds is 5. The van der Waals surface area contributed by atoms with Gasteiger partial charge >= 0.3 is 0 Å². The Labute approximate surface area is 121 Å². The summed E-state index contributed by atoms with van der Waals surface area (Å²) in [5, 5.41) is 2.81. The van der Waals surface area contributed by atoms with E-state index in [4.69, 9.17) is 5.73 Å². The Hall–Kier alpha value is -1.62. The van der Waals surface area contributed by atoms with Gasteiger partial charge in [0.25, 0.3) is 0 Å². The molecular weight excluding hydrogens is 252 g/mol. The molecule has 5 heteroatoms. The molecule has 1 atom stereocenters. The Bertz CT molecular complexity index is 432. The molecular formula is C15H26N4O. The van der Waals surface area contributed by atoms with Crippen LogP contribution in [0.25, 0.3) is 0 Å². The standard InChI is InChI=1S/C15H26N4O/c1-6-19(7-2)12-9-8-11(10-17-12)18-14(20)13(16)15(3,4)5/h8-10,13H,6-7,16H2,1-5H3,(H,18,20)/t13-/m0/s1. The molecule has 0 bridgehead atoms. The Morgan fingerprint density at radius 1 is 1.35 bits per heavy atom. The maximum absolute atomic E-state index is 12.0. The van der Waals surface area contributed by atoms with Crippen LogP contribution in [-0.2, 0) is 4.79 Å². The first-order valence-corrected chi connectivity index (χ1v) is 7.07. The molecule has 0 spiro atoms. The predicted octanol–water partition coefficient (Wildman–Crippen LogP) is 2.24. The number of hydrogen-bond acceptors (Lipinski definition) is 4. The molecule has 0 saturated carbocycles. The highest BCUT2D eigenvalue weighted by molar-refractivity contribution is 5.95. The number of aromatic nitrogens is 1. The highest BCUT2D eigenvalue weighted by atomic mass is 16.2. The topological polar surface area (TPSA) is 71.2 Å². The molecule has 0 radical (unpaired) electrons. The second kappa shape index (κ2) is 6.70. The van der Waals surface area contributed by atoms with Gasteiger partial charge in [0.15, 0.2) is 0 Å². The summed E-state index contributed by atoms with van der Waals surface area (Å²) in [6, 6.07) is 3.21. The van der Waals surface area contributed by atoms with Crippen LogP contribution in [0, 0.1) is 5.41 Å². The predicted molar refractivity (Wildman–Crippen MR) is 83.9 cm³/mol. The summed E-state index contributed by atoms with van der Waals surface area (Å²) in [5.41, 5.74) is 6.33. The summed E-state index contributed by atoms with van der Waals surface area (Å²) >= 11 is 0. The highest BCUT2D eigenvalue weighted by Gasteiger charge is 2.27. The van der Waals surface area contributed by atoms with Gasteiger partial charge in [-0.2, -0.15) is 0 Å². The summed E-state index contributed by atoms with van der Waals surface area (Å²) in [7, 11) is 0. The third-order valence-corrected chi connectivity index (χ3v) is 3.32. The molecule has 0 aliphatic heterocycles. The van der Waals surface area contributed by atoms with E-state index in [-0.39, 0.29) is 11.3 Å². The number of amides is 1. The number of hydrogen-bond donors (Lipinski definition) is 2. The van der Waals surface area contributed by atoms with Crippen LogP contribution in [0.1, 0.15) is 34.6 Å². The molecule has 0 aromatic carbocycles. The minimum atomic E-state index is -0.551. The van der Waals surface area contributed by atoms with Crippen LogP contribution in [0.5, 0.6) is 0 Å². The maximum Gasteiger partial charge on any atom is 0.241 e. The molecule has 0 saturated heterocycles. The van der Waals surface area contributed by atoms with Crippen molar-refractivity contribution >= 4 is 17.4 Å². The summed E-state index contributed by atoms with van der Waals surface area (Å²) in [6.07, 6.45) is 1.67. The van der Waals surface area contributed by atoms with E-state index in [0.717, 1.165) is 18.9 Å². The fraction of sp³-hybridized carbons (Fsp3) is 0.600. The molecule has 0 fully saturated rings. The van der Waals surface area contributed by atoms with Gasteiger partial charge in [-0.1, -0.05) is 20.8 Å². The van der Waals surface area contributed by atoms with E-state index in [0.29, 0.717) is 5.69 Å². The van der Waals surface area contributed by atoms with Crippen molar-refractivity contribution in [3.63, 3.8) is 0 Å². The number of carbonyl (C=O) groups is 1. The van der Waals surface area contributed by atoms with Crippen LogP contribution in [0.3, 0.4) is 0 Å². The fourth-order valence-electron chi connectivity index (χ4n) is 1.81. The first kappa shape index (κ1) is 16.4. The van der Waals surface area contributed by atoms with E-state index in [2.05, 4.69) is 29.0 Å². The second-order valence-corrected chi connectivity index (χ2v) is 5.91. The summed E-state index contributed by atoms with van der Waals surface area (Å²) in [6.45, 7) is 11.8. The maximum atomic E-state index is 12.0. The van der Waals surface area contributed by atoms with Crippen LogP contribution >= 0.6 is 0 Å². The molecule has 1 aromatic rings. The third kappa shape index (κ3) is 4.20. The van der Waals surface area contributed by atoms with E-state index in [1.807, 2.05) is 32.9 Å². The summed E-state index contributed by atoms with van der Waals surface area (Å²) in [4.78, 5) is 18.5. The zero-order valence-corrected chi connectivity index (χ0v) is 13.1. The number of nitrogens with two attached hydrogens (primary N) is 1. The van der Waals surface area contributed by atoms with E-state index in [1.54, 1.807) is 6.20 Å². The lowest BCUT2D eigenvalue weighted by Crippen LogP contribution is -2.45. The Balaban J connectivity index is 2.73. The number of nitrogens with one attached hydrogen (secondary N) is 1. The first-order chi connectivity index (χ1) is 9.29. The van der Waals surface area contributed by atoms with Gasteiger partial charge in [-0.3, -0.25) is 4.79 Å². The van der Waals surface area contributed by atoms with Crippen molar-refractivity contribution in [1.82, 2.24) is 4.98 Å². The zero-order chi connectivity index (χ0) is 15.3. The largest absolute Gasteiger partial charge is 0.357 e. The van der Waals surface area contributed by atoms with Gasteiger partial charge in [0.1, 0.15) is 5.82 Å². The lowest BCUT2D eigenvalue weighted by molar-refractivity contribution is -0.119. The van der Waals surface area contributed by atoms with Crippen LogP contribution in [0.4, 0.5) is 11.5 Å². The minimum Gasteiger partial charge on any atom is -0.357 e. The first-order valence-electron chi connectivity index (χ1n) is 7.07. The molecule has 5 nitrogen and oxygen atoms in total. The van der Waals surface area contributed by atoms with Gasteiger partial charge in [-0.15, -0.1) is 0 Å². The molecule has 112 valence electrons. The number of pyridine rings is 1. The molecule has 3 N–H and O–H groups in total. The van der Waals surface area contributed by atoms with Crippen molar-refractivity contribution in [2.75, 3.05) is 23.3 Å². The SMILES string of the molecule is CCN(CC)c1ccc(NC(=O)[C@H](N)C(C)(C)C)cn1. The van der Waals surface area contributed by atoms with Crippen LogP contribution < -0.4 is 16.0 Å². The molecule has 0 aliphatic rings. The van der Waals surface area contributed by atoms with Gasteiger partial charge < -0.3 is 16.0 Å². The third-order valence-electron chi connectivity index (χ3n) is 3.32. The van der Waals surface area contributed by atoms with Crippen molar-refractivity contribution in [3.8, 4) is 0 Å². The number of nitrogens with zero attached hydrogens (tertiary/aromatic N) is 2. The quantitative estimate of drug-likeness (QED) is 0.866. The normalized spacial score (nSPS) is 12.9. The molecule has 1 rings (SSSR count). The Morgan fingerprint density at radius 3 is 2.35 bits per heavy atom. The van der Waals surface area contributed by atoms with E-state index < -0.39 is 6.04 Å². The fourth-order valence-corrected chi connectivity index (χ4v) is 1.81. The number of anilines is 2. The minimum absolute atomic E-state index is 0.185. The van der Waals surface area contributed by atoms with E-state index >= 15 is 0 Å². The van der Waals surface area contributed by atoms with Crippen molar-refractivity contribution in [2.24, 2.45) is 11.1 Å². The van der Waals surface area contributed by atoms with Gasteiger partial charge in [0.2, 0.25) is 5.91 Å². The molecule has 20 heavy (non-hydrogen) atoms. The second-order valence-electron chi connectivity index (χ2n) is 5.91. The zero-order valence-electron chi connectivity index (χ0n) is 13.1. The number of carbonyl (C=O) groups excluding carboxylic acids is 1. The van der Waals surface area contributed by atoms with Gasteiger partial charge in [-0.25, -0.2) is 4.98 Å². The van der Waals surface area contributed by atoms with Crippen molar-refractivity contribution in [2.45, 2.75) is 40.7 Å². The molecule has 1 amide bonds. The molecule has 1 aromatic heterocycles. The lowest BCUT2D eigenvalue weighted by Gasteiger charge is -2.26. The van der Waals surface area contributed by atoms with Crippen molar-refractivity contribution in [1.29, 1.82) is 0 Å². The molecule has 0 unspecified atom stereocenters. The van der Waals surface area contributed by atoms with Crippen LogP contribution in [0.15, 0.2) is 18.3 Å². The summed E-state index contributed by atoms with van der Waals surface area (Å²) in [5.74, 6) is 0.725.